The van der Waals surface area contributed by atoms with Crippen molar-refractivity contribution in [1.29, 1.82) is 0 Å². The van der Waals surface area contributed by atoms with Crippen LogP contribution in [0.1, 0.15) is 15.9 Å². The molecule has 0 bridgehead atoms. The second-order valence-electron chi connectivity index (χ2n) is 7.31. The van der Waals surface area contributed by atoms with Crippen molar-refractivity contribution < 1.29 is 19.4 Å². The number of phenolic OH excluding ortho intramolecular Hbond substituents is 2. The Balaban J connectivity index is 1.28. The Kier molecular flexibility index (Phi) is 5.41. The van der Waals surface area contributed by atoms with Crippen molar-refractivity contribution in [3.05, 3.63) is 90.1 Å². The lowest BCUT2D eigenvalue weighted by atomic mass is 10.1. The number of benzene rings is 3. The van der Waals surface area contributed by atoms with Crippen LogP contribution in [0.4, 0.5) is 0 Å². The highest BCUT2D eigenvalue weighted by Crippen LogP contribution is 2.27. The Labute approximate surface area is 193 Å². The molecule has 0 aliphatic rings. The number of hydrogen-bond donors (Lipinski definition) is 3. The van der Waals surface area contributed by atoms with E-state index in [4.69, 9.17) is 4.42 Å². The molecule has 34 heavy (non-hydrogen) atoms. The lowest BCUT2D eigenvalue weighted by molar-refractivity contribution is 0.0955. The molecule has 0 radical (unpaired) electrons. The number of fused-ring (bicyclic) bond motifs is 1. The van der Waals surface area contributed by atoms with Gasteiger partial charge in [0.05, 0.1) is 11.7 Å². The van der Waals surface area contributed by atoms with Gasteiger partial charge in [0.2, 0.25) is 11.8 Å². The zero-order chi connectivity index (χ0) is 23.5. The van der Waals surface area contributed by atoms with Crippen LogP contribution >= 0.6 is 0 Å². The fourth-order valence-corrected chi connectivity index (χ4v) is 3.31. The molecule has 0 aliphatic heterocycles. The van der Waals surface area contributed by atoms with Gasteiger partial charge in [0.15, 0.2) is 11.5 Å². The monoisotopic (exact) mass is 451 g/mol. The maximum absolute atomic E-state index is 12.3. The summed E-state index contributed by atoms with van der Waals surface area (Å²) in [6, 6.07) is 20.6. The van der Waals surface area contributed by atoms with Crippen molar-refractivity contribution in [1.82, 2.24) is 20.6 Å². The molecule has 2 heterocycles. The van der Waals surface area contributed by atoms with E-state index in [0.29, 0.717) is 22.9 Å². The number of hydrazone groups is 1. The van der Waals surface area contributed by atoms with Gasteiger partial charge in [-0.05, 0) is 60.7 Å². The van der Waals surface area contributed by atoms with Crippen molar-refractivity contribution in [3.8, 4) is 34.4 Å². The molecule has 3 N–H and O–H groups in total. The molecule has 0 fully saturated rings. The number of nitrogens with one attached hydrogen (secondary N) is 1. The Morgan fingerprint density at radius 3 is 2.50 bits per heavy atom. The largest absolute Gasteiger partial charge is 0.504 e. The van der Waals surface area contributed by atoms with Crippen molar-refractivity contribution >= 4 is 23.0 Å². The zero-order valence-electron chi connectivity index (χ0n) is 17.6. The van der Waals surface area contributed by atoms with E-state index in [1.165, 1.54) is 12.3 Å². The van der Waals surface area contributed by atoms with Gasteiger partial charge in [0.1, 0.15) is 0 Å². The molecular weight excluding hydrogens is 434 g/mol. The van der Waals surface area contributed by atoms with Crippen LogP contribution in [0.25, 0.3) is 33.8 Å². The first-order valence-corrected chi connectivity index (χ1v) is 10.2. The highest BCUT2D eigenvalue weighted by molar-refractivity contribution is 5.95. The summed E-state index contributed by atoms with van der Waals surface area (Å²) >= 11 is 0. The van der Waals surface area contributed by atoms with Gasteiger partial charge in [-0.1, -0.05) is 12.1 Å². The van der Waals surface area contributed by atoms with Gasteiger partial charge in [-0.2, -0.15) is 5.10 Å². The normalized spacial score (nSPS) is 11.2. The summed E-state index contributed by atoms with van der Waals surface area (Å²) in [5.41, 5.74) is 5.33. The molecule has 5 rings (SSSR count). The molecule has 3 aromatic carbocycles. The van der Waals surface area contributed by atoms with Crippen LogP contribution in [-0.4, -0.2) is 37.5 Å². The van der Waals surface area contributed by atoms with Crippen LogP contribution in [0.2, 0.25) is 0 Å². The molecule has 0 saturated heterocycles. The molecule has 166 valence electrons. The lowest BCUT2D eigenvalue weighted by Gasteiger charge is -2.02. The van der Waals surface area contributed by atoms with Crippen LogP contribution in [0.3, 0.4) is 0 Å². The van der Waals surface area contributed by atoms with Crippen molar-refractivity contribution in [2.45, 2.75) is 0 Å². The predicted molar refractivity (Wildman–Crippen MR) is 125 cm³/mol. The summed E-state index contributed by atoms with van der Waals surface area (Å²) in [6.45, 7) is 0. The van der Waals surface area contributed by atoms with E-state index in [1.54, 1.807) is 42.6 Å². The number of para-hydroxylation sites is 1. The van der Waals surface area contributed by atoms with Crippen molar-refractivity contribution in [2.75, 3.05) is 0 Å². The van der Waals surface area contributed by atoms with Crippen molar-refractivity contribution in [3.63, 3.8) is 0 Å². The highest BCUT2D eigenvalue weighted by Gasteiger charge is 2.12. The first-order chi connectivity index (χ1) is 16.6. The molecule has 2 aromatic heterocycles. The highest BCUT2D eigenvalue weighted by atomic mass is 16.4. The van der Waals surface area contributed by atoms with Gasteiger partial charge in [0, 0.05) is 33.8 Å². The van der Waals surface area contributed by atoms with E-state index in [9.17, 15) is 15.0 Å². The third-order valence-corrected chi connectivity index (χ3v) is 5.08. The van der Waals surface area contributed by atoms with E-state index in [0.717, 1.165) is 16.5 Å². The molecule has 5 aromatic rings. The number of nitrogens with zero attached hydrogens (tertiary/aromatic N) is 4. The summed E-state index contributed by atoms with van der Waals surface area (Å²) < 4.78 is 5.83. The predicted octanol–water partition coefficient (Wildman–Crippen LogP) is 4.13. The van der Waals surface area contributed by atoms with E-state index in [-0.39, 0.29) is 17.1 Å². The smallest absolute Gasteiger partial charge is 0.271 e. The molecule has 0 atom stereocenters. The molecule has 0 spiro atoms. The maximum Gasteiger partial charge on any atom is 0.271 e. The molecule has 0 unspecified atom stereocenters. The summed E-state index contributed by atoms with van der Waals surface area (Å²) in [6.07, 6.45) is 2.98. The molecule has 9 nitrogen and oxygen atoms in total. The van der Waals surface area contributed by atoms with Crippen LogP contribution < -0.4 is 5.43 Å². The molecule has 1 amide bonds. The maximum atomic E-state index is 12.3. The second kappa shape index (κ2) is 8.83. The summed E-state index contributed by atoms with van der Waals surface area (Å²) in [4.78, 5) is 16.6. The number of carbonyl (C=O) groups is 1. The average molecular weight is 451 g/mol. The molecule has 9 heteroatoms. The van der Waals surface area contributed by atoms with Gasteiger partial charge in [0.25, 0.3) is 5.91 Å². The third-order valence-electron chi connectivity index (χ3n) is 5.08. The molecule has 0 saturated carbocycles. The average Bonchev–Trinajstić information content (AvgIpc) is 3.37. The summed E-state index contributed by atoms with van der Waals surface area (Å²) in [7, 11) is 0. The number of carbonyl (C=O) groups excluding carboxylic acids is 1. The number of hydrogen-bond acceptors (Lipinski definition) is 8. The van der Waals surface area contributed by atoms with Gasteiger partial charge in [-0.3, -0.25) is 9.78 Å². The van der Waals surface area contributed by atoms with E-state index in [2.05, 4.69) is 25.7 Å². The fourth-order valence-electron chi connectivity index (χ4n) is 3.31. The topological polar surface area (TPSA) is 134 Å². The zero-order valence-corrected chi connectivity index (χ0v) is 17.6. The summed E-state index contributed by atoms with van der Waals surface area (Å²) in [5.74, 6) is -0.326. The number of rotatable bonds is 5. The van der Waals surface area contributed by atoms with E-state index in [1.807, 2.05) is 30.3 Å². The Morgan fingerprint density at radius 1 is 0.912 bits per heavy atom. The molecule has 0 aliphatic carbocycles. The van der Waals surface area contributed by atoms with Crippen LogP contribution in [0.15, 0.2) is 88.5 Å². The standard InChI is InChI=1S/C25H17N5O4/c31-21-5-1-3-19(22(21)32)14-27-28-23(33)15-6-8-16(9-7-15)24-29-30-25(34-24)18-10-11-20-17(13-18)4-2-12-26-20/h1-14,31-32H,(H,28,33)/b27-14+. The minimum absolute atomic E-state index is 0.269. The SMILES string of the molecule is O=C(N/N=C/c1cccc(O)c1O)c1ccc(-c2nnc(-c3ccc4ncccc4c3)o2)cc1. The van der Waals surface area contributed by atoms with E-state index < -0.39 is 5.91 Å². The molecular formula is C25H17N5O4. The fraction of sp³-hybridized carbons (Fsp3) is 0. The Bertz CT molecular complexity index is 1530. The van der Waals surface area contributed by atoms with Gasteiger partial charge in [-0.15, -0.1) is 10.2 Å². The Hall–Kier alpha value is -5.05. The first-order valence-electron chi connectivity index (χ1n) is 10.2. The summed E-state index contributed by atoms with van der Waals surface area (Å²) in [5, 5.41) is 32.3. The lowest BCUT2D eigenvalue weighted by Crippen LogP contribution is -2.17. The minimum Gasteiger partial charge on any atom is -0.504 e. The van der Waals surface area contributed by atoms with Gasteiger partial charge in [-0.25, -0.2) is 5.43 Å². The van der Waals surface area contributed by atoms with Gasteiger partial charge < -0.3 is 14.6 Å². The third kappa shape index (κ3) is 4.17. The van der Waals surface area contributed by atoms with Crippen LogP contribution in [-0.2, 0) is 0 Å². The van der Waals surface area contributed by atoms with Crippen molar-refractivity contribution in [2.24, 2.45) is 5.10 Å². The second-order valence-corrected chi connectivity index (χ2v) is 7.31. The Morgan fingerprint density at radius 2 is 1.68 bits per heavy atom. The number of amides is 1. The number of aromatic nitrogens is 3. The number of pyridine rings is 1. The number of aromatic hydroxyl groups is 2. The van der Waals surface area contributed by atoms with Crippen LogP contribution in [0, 0.1) is 0 Å². The van der Waals surface area contributed by atoms with Gasteiger partial charge >= 0.3 is 0 Å². The quantitative estimate of drug-likeness (QED) is 0.208. The first kappa shape index (κ1) is 20.8. The van der Waals surface area contributed by atoms with E-state index >= 15 is 0 Å². The minimum atomic E-state index is -0.446. The van der Waals surface area contributed by atoms with Crippen LogP contribution in [0.5, 0.6) is 11.5 Å². The number of phenols is 2.